The average Bonchev–Trinajstić information content (AvgIpc) is 2.39. The first-order valence-electron chi connectivity index (χ1n) is 3.21. The van der Waals surface area contributed by atoms with E-state index in [2.05, 4.69) is 9.40 Å². The summed E-state index contributed by atoms with van der Waals surface area (Å²) in [6.45, 7) is 1.61. The van der Waals surface area contributed by atoms with Gasteiger partial charge in [0.2, 0.25) is 0 Å². The quantitative estimate of drug-likeness (QED) is 0.675. The Bertz CT molecular complexity index is 301. The lowest BCUT2D eigenvalue weighted by Gasteiger charge is -1.94. The minimum absolute atomic E-state index is 0.0278. The number of sulfone groups is 1. The highest BCUT2D eigenvalue weighted by Gasteiger charge is 2.09. The van der Waals surface area contributed by atoms with Gasteiger partial charge in [-0.05, 0) is 0 Å². The fourth-order valence-electron chi connectivity index (χ4n) is 0.636. The van der Waals surface area contributed by atoms with Crippen LogP contribution in [-0.2, 0) is 15.6 Å². The van der Waals surface area contributed by atoms with Crippen LogP contribution in [0.25, 0.3) is 0 Å². The molecule has 1 rings (SSSR count). The van der Waals surface area contributed by atoms with Gasteiger partial charge in [0.05, 0.1) is 11.4 Å². The van der Waals surface area contributed by atoms with E-state index in [9.17, 15) is 8.42 Å². The molecule has 0 saturated heterocycles. The lowest BCUT2D eigenvalue weighted by molar-refractivity contribution is 0.556. The molecule has 4 nitrogen and oxygen atoms in total. The fraction of sp³-hybridized carbons (Fsp3) is 0.500. The topological polar surface area (TPSA) is 60.2 Å². The molecule has 1 aromatic heterocycles. The molecule has 0 saturated carbocycles. The Hall–Kier alpha value is -0.840. The van der Waals surface area contributed by atoms with Gasteiger partial charge in [0.25, 0.3) is 0 Å². The van der Waals surface area contributed by atoms with E-state index in [-0.39, 0.29) is 11.5 Å². The molecule has 11 heavy (non-hydrogen) atoms. The molecule has 0 unspecified atom stereocenters. The highest BCUT2D eigenvalue weighted by atomic mass is 32.2. The van der Waals surface area contributed by atoms with Crippen molar-refractivity contribution in [3.8, 4) is 0 Å². The predicted molar refractivity (Wildman–Crippen MR) is 39.7 cm³/mol. The van der Waals surface area contributed by atoms with Gasteiger partial charge in [0.15, 0.2) is 16.2 Å². The van der Waals surface area contributed by atoms with Crippen LogP contribution in [0, 0.1) is 0 Å². The maximum Gasteiger partial charge on any atom is 0.180 e. The molecular formula is C6H9NO3S. The summed E-state index contributed by atoms with van der Waals surface area (Å²) >= 11 is 0. The van der Waals surface area contributed by atoms with Gasteiger partial charge in [-0.15, -0.1) is 0 Å². The molecule has 1 heterocycles. The van der Waals surface area contributed by atoms with Gasteiger partial charge in [-0.2, -0.15) is 0 Å². The van der Waals surface area contributed by atoms with E-state index in [0.717, 1.165) is 0 Å². The van der Waals surface area contributed by atoms with E-state index >= 15 is 0 Å². The largest absolute Gasteiger partial charge is 0.451 e. The monoisotopic (exact) mass is 175 g/mol. The summed E-state index contributed by atoms with van der Waals surface area (Å²) in [5.74, 6) is 0.111. The van der Waals surface area contributed by atoms with E-state index < -0.39 is 9.84 Å². The van der Waals surface area contributed by atoms with Gasteiger partial charge in [0, 0.05) is 5.75 Å². The van der Waals surface area contributed by atoms with Crippen molar-refractivity contribution in [3.05, 3.63) is 18.4 Å². The van der Waals surface area contributed by atoms with E-state index in [1.54, 1.807) is 6.92 Å². The Balaban J connectivity index is 2.72. The molecular weight excluding hydrogens is 166 g/mol. The number of oxazole rings is 1. The van der Waals surface area contributed by atoms with Crippen LogP contribution in [0.1, 0.15) is 12.6 Å². The third-order valence-electron chi connectivity index (χ3n) is 1.29. The maximum absolute atomic E-state index is 11.0. The van der Waals surface area contributed by atoms with Crippen LogP contribution >= 0.6 is 0 Å². The molecule has 5 heteroatoms. The molecule has 0 amide bonds. The number of rotatable bonds is 3. The zero-order valence-electron chi connectivity index (χ0n) is 6.15. The van der Waals surface area contributed by atoms with Crippen LogP contribution in [0.2, 0.25) is 0 Å². The minimum Gasteiger partial charge on any atom is -0.451 e. The third kappa shape index (κ3) is 2.34. The number of hydrogen-bond donors (Lipinski definition) is 0. The summed E-state index contributed by atoms with van der Waals surface area (Å²) in [7, 11) is -2.96. The van der Waals surface area contributed by atoms with Crippen LogP contribution < -0.4 is 0 Å². The maximum atomic E-state index is 11.0. The van der Waals surface area contributed by atoms with Crippen molar-refractivity contribution in [2.45, 2.75) is 12.7 Å². The Labute approximate surface area is 65.2 Å². The van der Waals surface area contributed by atoms with Crippen LogP contribution in [0.15, 0.2) is 17.1 Å². The van der Waals surface area contributed by atoms with Crippen LogP contribution in [0.4, 0.5) is 0 Å². The van der Waals surface area contributed by atoms with Gasteiger partial charge in [-0.25, -0.2) is 13.4 Å². The first-order chi connectivity index (χ1) is 5.14. The molecule has 0 radical (unpaired) electrons. The Morgan fingerprint density at radius 3 is 2.82 bits per heavy atom. The molecule has 0 fully saturated rings. The normalized spacial score (nSPS) is 11.7. The summed E-state index contributed by atoms with van der Waals surface area (Å²) in [4.78, 5) is 3.70. The van der Waals surface area contributed by atoms with Crippen molar-refractivity contribution in [3.63, 3.8) is 0 Å². The molecule has 0 aliphatic heterocycles. The van der Waals surface area contributed by atoms with E-state index in [1.165, 1.54) is 12.7 Å². The van der Waals surface area contributed by atoms with Crippen LogP contribution in [0.3, 0.4) is 0 Å². The summed E-state index contributed by atoms with van der Waals surface area (Å²) in [6, 6.07) is 0. The average molecular weight is 175 g/mol. The molecule has 1 aromatic rings. The van der Waals surface area contributed by atoms with Gasteiger partial charge < -0.3 is 4.42 Å². The standard InChI is InChI=1S/C6H9NO3S/c1-2-11(8,9)4-6-3-10-5-7-6/h3,5H,2,4H2,1H3. The highest BCUT2D eigenvalue weighted by molar-refractivity contribution is 7.90. The molecule has 62 valence electrons. The predicted octanol–water partition coefficient (Wildman–Crippen LogP) is 0.609. The van der Waals surface area contributed by atoms with Crippen molar-refractivity contribution in [1.29, 1.82) is 0 Å². The first kappa shape index (κ1) is 8.26. The molecule has 0 aliphatic rings. The van der Waals surface area contributed by atoms with Gasteiger partial charge >= 0.3 is 0 Å². The minimum atomic E-state index is -2.96. The van der Waals surface area contributed by atoms with E-state index in [1.807, 2.05) is 0 Å². The van der Waals surface area contributed by atoms with Crippen molar-refractivity contribution in [2.24, 2.45) is 0 Å². The van der Waals surface area contributed by atoms with Gasteiger partial charge in [-0.3, -0.25) is 0 Å². The summed E-state index contributed by atoms with van der Waals surface area (Å²) < 4.78 is 26.6. The Morgan fingerprint density at radius 2 is 2.36 bits per heavy atom. The molecule has 0 N–H and O–H groups in total. The second-order valence-corrected chi connectivity index (χ2v) is 4.51. The second kappa shape index (κ2) is 3.04. The summed E-state index contributed by atoms with van der Waals surface area (Å²) in [5, 5.41) is 0. The van der Waals surface area contributed by atoms with Crippen LogP contribution in [0.5, 0.6) is 0 Å². The molecule has 0 atom stereocenters. The summed E-state index contributed by atoms with van der Waals surface area (Å²) in [6.07, 6.45) is 2.56. The molecule has 0 bridgehead atoms. The van der Waals surface area contributed by atoms with Crippen molar-refractivity contribution in [1.82, 2.24) is 4.98 Å². The lowest BCUT2D eigenvalue weighted by atomic mass is 10.6. The van der Waals surface area contributed by atoms with Crippen molar-refractivity contribution >= 4 is 9.84 Å². The zero-order chi connectivity index (χ0) is 8.32. The van der Waals surface area contributed by atoms with Gasteiger partial charge in [-0.1, -0.05) is 6.92 Å². The molecule has 0 aromatic carbocycles. The zero-order valence-corrected chi connectivity index (χ0v) is 6.97. The number of nitrogens with zero attached hydrogens (tertiary/aromatic N) is 1. The van der Waals surface area contributed by atoms with E-state index in [4.69, 9.17) is 0 Å². The Kier molecular flexibility index (Phi) is 2.28. The molecule has 0 spiro atoms. The van der Waals surface area contributed by atoms with Gasteiger partial charge in [0.1, 0.15) is 6.26 Å². The van der Waals surface area contributed by atoms with Crippen molar-refractivity contribution in [2.75, 3.05) is 5.75 Å². The highest BCUT2D eigenvalue weighted by Crippen LogP contribution is 2.02. The smallest absolute Gasteiger partial charge is 0.180 e. The number of aromatic nitrogens is 1. The second-order valence-electron chi connectivity index (χ2n) is 2.16. The lowest BCUT2D eigenvalue weighted by Crippen LogP contribution is -2.06. The first-order valence-corrected chi connectivity index (χ1v) is 5.03. The SMILES string of the molecule is CCS(=O)(=O)Cc1cocn1. The van der Waals surface area contributed by atoms with Crippen molar-refractivity contribution < 1.29 is 12.8 Å². The Morgan fingerprint density at radius 1 is 1.64 bits per heavy atom. The fourth-order valence-corrected chi connectivity index (χ4v) is 1.43. The van der Waals surface area contributed by atoms with Crippen LogP contribution in [-0.4, -0.2) is 19.2 Å². The number of hydrogen-bond acceptors (Lipinski definition) is 4. The van der Waals surface area contributed by atoms with E-state index in [0.29, 0.717) is 5.69 Å². The third-order valence-corrected chi connectivity index (χ3v) is 2.91. The summed E-state index contributed by atoms with van der Waals surface area (Å²) in [5.41, 5.74) is 0.465. The molecule has 0 aliphatic carbocycles.